The number of thiocarbonyl (C=S) groups is 1. The number of hydrogen-bond donors (Lipinski definition) is 1. The summed E-state index contributed by atoms with van der Waals surface area (Å²) in [7, 11) is 0. The summed E-state index contributed by atoms with van der Waals surface area (Å²) in [4.78, 5) is 4.67. The maximum absolute atomic E-state index is 5.53. The van der Waals surface area contributed by atoms with E-state index in [1.54, 1.807) is 18.0 Å². The second kappa shape index (κ2) is 5.32. The summed E-state index contributed by atoms with van der Waals surface area (Å²) in [6, 6.07) is 3.77. The van der Waals surface area contributed by atoms with E-state index in [0.717, 1.165) is 16.3 Å². The van der Waals surface area contributed by atoms with E-state index in [1.807, 2.05) is 12.1 Å². The number of hydrogen-bond acceptors (Lipinski definition) is 3. The molecule has 0 bridgehead atoms. The first-order chi connectivity index (χ1) is 6.59. The van der Waals surface area contributed by atoms with Gasteiger partial charge >= 0.3 is 0 Å². The van der Waals surface area contributed by atoms with Crippen molar-refractivity contribution in [2.75, 3.05) is 5.75 Å². The van der Waals surface area contributed by atoms with E-state index in [9.17, 15) is 0 Å². The van der Waals surface area contributed by atoms with Gasteiger partial charge in [-0.1, -0.05) is 26.1 Å². The standard InChI is InChI=1S/C10H14N2S2/c1-7(2)6-14-9-5-8(10(11)13)3-4-12-9/h3-5,7H,6H2,1-2H3,(H2,11,13). The van der Waals surface area contributed by atoms with Crippen molar-refractivity contribution < 1.29 is 0 Å². The van der Waals surface area contributed by atoms with Crippen LogP contribution in [0.15, 0.2) is 23.4 Å². The molecule has 1 aromatic heterocycles. The Morgan fingerprint density at radius 1 is 1.64 bits per heavy atom. The minimum atomic E-state index is 0.429. The monoisotopic (exact) mass is 226 g/mol. The third kappa shape index (κ3) is 3.64. The zero-order valence-electron chi connectivity index (χ0n) is 8.36. The van der Waals surface area contributed by atoms with Gasteiger partial charge in [-0.05, 0) is 18.1 Å². The fraction of sp³-hybridized carbons (Fsp3) is 0.400. The molecule has 2 nitrogen and oxygen atoms in total. The zero-order chi connectivity index (χ0) is 10.6. The van der Waals surface area contributed by atoms with Crippen molar-refractivity contribution in [3.8, 4) is 0 Å². The van der Waals surface area contributed by atoms with Gasteiger partial charge in [0.2, 0.25) is 0 Å². The molecule has 1 heterocycles. The Kier molecular flexibility index (Phi) is 4.35. The Morgan fingerprint density at radius 2 is 2.36 bits per heavy atom. The summed E-state index contributed by atoms with van der Waals surface area (Å²) >= 11 is 6.63. The third-order valence-corrected chi connectivity index (χ3v) is 3.17. The molecule has 1 aromatic rings. The first-order valence-corrected chi connectivity index (χ1v) is 5.87. The van der Waals surface area contributed by atoms with Gasteiger partial charge in [0.1, 0.15) is 4.99 Å². The molecule has 0 fully saturated rings. The van der Waals surface area contributed by atoms with E-state index >= 15 is 0 Å². The molecule has 0 saturated carbocycles. The van der Waals surface area contributed by atoms with E-state index in [-0.39, 0.29) is 0 Å². The van der Waals surface area contributed by atoms with Gasteiger partial charge in [-0.15, -0.1) is 11.8 Å². The molecule has 0 spiro atoms. The van der Waals surface area contributed by atoms with Crippen LogP contribution in [-0.4, -0.2) is 15.7 Å². The van der Waals surface area contributed by atoms with Crippen LogP contribution in [0, 0.1) is 5.92 Å². The lowest BCUT2D eigenvalue weighted by atomic mass is 10.3. The summed E-state index contributed by atoms with van der Waals surface area (Å²) in [6.45, 7) is 4.37. The van der Waals surface area contributed by atoms with Gasteiger partial charge in [-0.2, -0.15) is 0 Å². The molecule has 0 radical (unpaired) electrons. The predicted molar refractivity (Wildman–Crippen MR) is 65.7 cm³/mol. The molecule has 0 aliphatic heterocycles. The SMILES string of the molecule is CC(C)CSc1cc(C(N)=S)ccn1. The molecule has 0 saturated heterocycles. The molecule has 0 atom stereocenters. The molecule has 4 heteroatoms. The molecule has 14 heavy (non-hydrogen) atoms. The Hall–Kier alpha value is -0.610. The molecular formula is C10H14N2S2. The van der Waals surface area contributed by atoms with Gasteiger partial charge in [0.15, 0.2) is 0 Å². The van der Waals surface area contributed by atoms with Gasteiger partial charge in [0.05, 0.1) is 5.03 Å². The van der Waals surface area contributed by atoms with Crippen molar-refractivity contribution in [2.45, 2.75) is 18.9 Å². The van der Waals surface area contributed by atoms with Crippen molar-refractivity contribution in [2.24, 2.45) is 11.7 Å². The van der Waals surface area contributed by atoms with Gasteiger partial charge < -0.3 is 5.73 Å². The van der Waals surface area contributed by atoms with Gasteiger partial charge in [0, 0.05) is 17.5 Å². The molecule has 0 aromatic carbocycles. The fourth-order valence-electron chi connectivity index (χ4n) is 0.894. The van der Waals surface area contributed by atoms with Crippen molar-refractivity contribution >= 4 is 29.0 Å². The van der Waals surface area contributed by atoms with Gasteiger partial charge in [-0.25, -0.2) is 4.98 Å². The summed E-state index contributed by atoms with van der Waals surface area (Å²) in [6.07, 6.45) is 1.75. The smallest absolute Gasteiger partial charge is 0.104 e. The van der Waals surface area contributed by atoms with Crippen molar-refractivity contribution in [3.63, 3.8) is 0 Å². The molecule has 0 aliphatic rings. The molecular weight excluding hydrogens is 212 g/mol. The predicted octanol–water partition coefficient (Wildman–Crippen LogP) is 2.46. The summed E-state index contributed by atoms with van der Waals surface area (Å²) in [5.41, 5.74) is 6.42. The van der Waals surface area contributed by atoms with E-state index < -0.39 is 0 Å². The van der Waals surface area contributed by atoms with Crippen molar-refractivity contribution in [1.29, 1.82) is 0 Å². The van der Waals surface area contributed by atoms with Crippen LogP contribution < -0.4 is 5.73 Å². The maximum Gasteiger partial charge on any atom is 0.104 e. The number of rotatable bonds is 4. The quantitative estimate of drug-likeness (QED) is 0.632. The van der Waals surface area contributed by atoms with Crippen molar-refractivity contribution in [1.82, 2.24) is 4.98 Å². The molecule has 2 N–H and O–H groups in total. The lowest BCUT2D eigenvalue weighted by Gasteiger charge is -2.04. The van der Waals surface area contributed by atoms with E-state index in [1.165, 1.54) is 0 Å². The van der Waals surface area contributed by atoms with Gasteiger partial charge in [-0.3, -0.25) is 0 Å². The topological polar surface area (TPSA) is 38.9 Å². The molecule has 0 unspecified atom stereocenters. The largest absolute Gasteiger partial charge is 0.389 e. The normalized spacial score (nSPS) is 10.5. The van der Waals surface area contributed by atoms with E-state index in [2.05, 4.69) is 18.8 Å². The highest BCUT2D eigenvalue weighted by molar-refractivity contribution is 7.99. The van der Waals surface area contributed by atoms with Crippen LogP contribution in [0.5, 0.6) is 0 Å². The molecule has 76 valence electrons. The Balaban J connectivity index is 2.69. The van der Waals surface area contributed by atoms with Crippen LogP contribution >= 0.6 is 24.0 Å². The zero-order valence-corrected chi connectivity index (χ0v) is 9.99. The Labute approximate surface area is 94.3 Å². The molecule has 0 aliphatic carbocycles. The number of aromatic nitrogens is 1. The van der Waals surface area contributed by atoms with Crippen LogP contribution in [0.4, 0.5) is 0 Å². The Bertz CT molecular complexity index is 324. The summed E-state index contributed by atoms with van der Waals surface area (Å²) in [5.74, 6) is 1.73. The third-order valence-electron chi connectivity index (χ3n) is 1.58. The maximum atomic E-state index is 5.53. The Morgan fingerprint density at radius 3 is 2.93 bits per heavy atom. The minimum Gasteiger partial charge on any atom is -0.389 e. The molecule has 1 rings (SSSR count). The van der Waals surface area contributed by atoms with Crippen LogP contribution in [0.2, 0.25) is 0 Å². The minimum absolute atomic E-state index is 0.429. The summed E-state index contributed by atoms with van der Waals surface area (Å²) < 4.78 is 0. The van der Waals surface area contributed by atoms with Crippen LogP contribution in [-0.2, 0) is 0 Å². The van der Waals surface area contributed by atoms with Gasteiger partial charge in [0.25, 0.3) is 0 Å². The van der Waals surface area contributed by atoms with E-state index in [4.69, 9.17) is 18.0 Å². The first-order valence-electron chi connectivity index (χ1n) is 4.48. The van der Waals surface area contributed by atoms with Crippen molar-refractivity contribution in [3.05, 3.63) is 23.9 Å². The lowest BCUT2D eigenvalue weighted by molar-refractivity contribution is 0.749. The number of nitrogens with two attached hydrogens (primary N) is 1. The highest BCUT2D eigenvalue weighted by Crippen LogP contribution is 2.18. The summed E-state index contributed by atoms with van der Waals surface area (Å²) in [5, 5.41) is 0.990. The second-order valence-corrected chi connectivity index (χ2v) is 4.93. The number of thioether (sulfide) groups is 1. The fourth-order valence-corrected chi connectivity index (χ4v) is 1.87. The lowest BCUT2D eigenvalue weighted by Crippen LogP contribution is -2.09. The van der Waals surface area contributed by atoms with Crippen LogP contribution in [0.3, 0.4) is 0 Å². The number of pyridine rings is 1. The van der Waals surface area contributed by atoms with Crippen LogP contribution in [0.25, 0.3) is 0 Å². The average Bonchev–Trinajstić information content (AvgIpc) is 2.15. The average molecular weight is 226 g/mol. The van der Waals surface area contributed by atoms with E-state index in [0.29, 0.717) is 10.9 Å². The highest BCUT2D eigenvalue weighted by atomic mass is 32.2. The molecule has 0 amide bonds. The van der Waals surface area contributed by atoms with Crippen LogP contribution in [0.1, 0.15) is 19.4 Å². The first kappa shape index (κ1) is 11.5. The second-order valence-electron chi connectivity index (χ2n) is 3.45. The highest BCUT2D eigenvalue weighted by Gasteiger charge is 2.01. The number of nitrogens with zero attached hydrogens (tertiary/aromatic N) is 1.